The Morgan fingerprint density at radius 2 is 1.76 bits per heavy atom. The molecule has 1 aliphatic heterocycles. The van der Waals surface area contributed by atoms with Gasteiger partial charge in [-0.3, -0.25) is 0 Å². The molecule has 1 aliphatic rings. The predicted octanol–water partition coefficient (Wildman–Crippen LogP) is 5.97. The molecule has 0 fully saturated rings. The number of benzene rings is 3. The predicted molar refractivity (Wildman–Crippen MR) is 125 cm³/mol. The first kappa shape index (κ1) is 22.9. The largest absolute Gasteiger partial charge is 3.00 e. The summed E-state index contributed by atoms with van der Waals surface area (Å²) in [6.07, 6.45) is 7.56. The fraction of sp³-hybridized carbons (Fsp3) is 0.143. The quantitative estimate of drug-likeness (QED) is 0.182. The van der Waals surface area contributed by atoms with Gasteiger partial charge in [0.1, 0.15) is 5.75 Å². The molecule has 0 N–H and O–H groups in total. The number of fused-ring (bicyclic) bond motifs is 2. The zero-order valence-corrected chi connectivity index (χ0v) is 20.7. The van der Waals surface area contributed by atoms with Crippen LogP contribution in [0.4, 0.5) is 0 Å². The summed E-state index contributed by atoms with van der Waals surface area (Å²) in [6.45, 7) is 3.18. The average molecular weight is 610 g/mol. The first-order valence-corrected chi connectivity index (χ1v) is 10.9. The van der Waals surface area contributed by atoms with Crippen LogP contribution in [0.3, 0.4) is 0 Å². The first-order chi connectivity index (χ1) is 15.8. The van der Waals surface area contributed by atoms with Crippen LogP contribution in [0.1, 0.15) is 19.8 Å². The molecule has 4 nitrogen and oxygen atoms in total. The summed E-state index contributed by atoms with van der Waals surface area (Å²) in [5, 5.41) is 0. The number of para-hydroxylation sites is 2. The average Bonchev–Trinajstić information content (AvgIpc) is 3.24. The molecule has 5 aromatic rings. The van der Waals surface area contributed by atoms with E-state index in [9.17, 15) is 0 Å². The molecule has 3 heterocycles. The van der Waals surface area contributed by atoms with Crippen LogP contribution >= 0.6 is 0 Å². The van der Waals surface area contributed by atoms with Crippen molar-refractivity contribution in [1.82, 2.24) is 9.55 Å². The van der Waals surface area contributed by atoms with Crippen molar-refractivity contribution in [2.75, 3.05) is 0 Å². The third-order valence-electron chi connectivity index (χ3n) is 5.34. The van der Waals surface area contributed by atoms with Crippen LogP contribution in [0.5, 0.6) is 11.5 Å². The number of unbranched alkanes of at least 4 members (excludes halogenated alkanes) is 1. The van der Waals surface area contributed by atoms with E-state index in [4.69, 9.17) is 4.74 Å². The molecule has 0 amide bonds. The first-order valence-electron chi connectivity index (χ1n) is 10.9. The summed E-state index contributed by atoms with van der Waals surface area (Å²) < 4.78 is 10.2. The van der Waals surface area contributed by atoms with Crippen molar-refractivity contribution in [1.29, 1.82) is 0 Å². The zero-order valence-electron chi connectivity index (χ0n) is 18.3. The number of ether oxygens (including phenoxy) is 1. The third kappa shape index (κ3) is 4.75. The van der Waals surface area contributed by atoms with E-state index in [0.717, 1.165) is 46.9 Å². The Kier molecular flexibility index (Phi) is 7.33. The molecule has 5 heteroatoms. The van der Waals surface area contributed by atoms with Crippen LogP contribution < -0.4 is 9.30 Å². The molecule has 0 saturated heterocycles. The van der Waals surface area contributed by atoms with Crippen LogP contribution in [0.15, 0.2) is 85.1 Å². The number of nitrogens with zero attached hydrogens (tertiary/aromatic N) is 3. The molecule has 0 spiro atoms. The molecule has 0 atom stereocenters. The van der Waals surface area contributed by atoms with Crippen LogP contribution in [-0.4, -0.2) is 9.55 Å². The topological polar surface area (TPSA) is 30.9 Å². The van der Waals surface area contributed by atoms with Gasteiger partial charge in [-0.15, -0.1) is 42.0 Å². The van der Waals surface area contributed by atoms with E-state index in [0.29, 0.717) is 0 Å². The van der Waals surface area contributed by atoms with Gasteiger partial charge in [0.15, 0.2) is 0 Å². The van der Waals surface area contributed by atoms with Gasteiger partial charge in [-0.05, 0) is 29.9 Å². The summed E-state index contributed by atoms with van der Waals surface area (Å²) >= 11 is 0. The van der Waals surface area contributed by atoms with E-state index in [1.54, 1.807) is 6.20 Å². The second kappa shape index (κ2) is 10.6. The normalized spacial score (nSPS) is 10.9. The Morgan fingerprint density at radius 1 is 0.909 bits per heavy atom. The van der Waals surface area contributed by atoms with E-state index in [-0.39, 0.29) is 20.1 Å². The van der Waals surface area contributed by atoms with E-state index in [1.165, 1.54) is 11.9 Å². The summed E-state index contributed by atoms with van der Waals surface area (Å²) in [5.74, 6) is 1.73. The second-order valence-electron chi connectivity index (χ2n) is 7.54. The van der Waals surface area contributed by atoms with Gasteiger partial charge in [0.2, 0.25) is 6.33 Å². The molecule has 0 radical (unpaired) electrons. The van der Waals surface area contributed by atoms with Crippen LogP contribution in [0.2, 0.25) is 0 Å². The maximum Gasteiger partial charge on any atom is 3.00 e. The van der Waals surface area contributed by atoms with Gasteiger partial charge in [0.25, 0.3) is 0 Å². The maximum atomic E-state index is 5.98. The van der Waals surface area contributed by atoms with Crippen LogP contribution in [0, 0.1) is 18.5 Å². The van der Waals surface area contributed by atoms with E-state index < -0.39 is 0 Å². The van der Waals surface area contributed by atoms with Crippen molar-refractivity contribution in [2.45, 2.75) is 26.3 Å². The molecule has 33 heavy (non-hydrogen) atoms. The minimum Gasteiger partial charge on any atom is -0.527 e. The SMILES string of the molecule is CCCCn1[c-][n+]2c3c(cccc31)Oc1ccc[c-]c1-2.[Ir+3].[c-]1ccccc1-c1ccccn1. The number of hydrogen-bond acceptors (Lipinski definition) is 2. The molecule has 0 saturated carbocycles. The standard InChI is InChI=1S/C17H15N2O.C11H8N.Ir/c1-2-3-11-18-12-19-13-7-4-5-9-15(13)20-16-10-6-8-14(18)17(16)19;1-2-6-10(7-3-1)11-8-4-5-9-12-11;/h4-6,8-10H,2-3,11H2,1H3;1-6,8-9H;/q2*-1;+3. The summed E-state index contributed by atoms with van der Waals surface area (Å²) in [7, 11) is 0. The summed E-state index contributed by atoms with van der Waals surface area (Å²) in [5.41, 5.74) is 5.19. The van der Waals surface area contributed by atoms with E-state index in [1.807, 2.05) is 72.8 Å². The van der Waals surface area contributed by atoms with Crippen LogP contribution in [0.25, 0.3) is 28.0 Å². The van der Waals surface area contributed by atoms with Gasteiger partial charge in [-0.2, -0.15) is 18.2 Å². The van der Waals surface area contributed by atoms with Crippen molar-refractivity contribution in [2.24, 2.45) is 0 Å². The molecule has 164 valence electrons. The molecular formula is C28H23IrN3O+. The summed E-state index contributed by atoms with van der Waals surface area (Å²) in [6, 6.07) is 32.1. The van der Waals surface area contributed by atoms with Crippen molar-refractivity contribution in [3.05, 3.63) is 104 Å². The Morgan fingerprint density at radius 3 is 2.55 bits per heavy atom. The van der Waals surface area contributed by atoms with Gasteiger partial charge in [-0.1, -0.05) is 37.6 Å². The Labute approximate surface area is 207 Å². The van der Waals surface area contributed by atoms with Crippen molar-refractivity contribution in [3.8, 4) is 28.4 Å². The van der Waals surface area contributed by atoms with Crippen molar-refractivity contribution in [3.63, 3.8) is 0 Å². The molecule has 0 aliphatic carbocycles. The molecular weight excluding hydrogens is 587 g/mol. The van der Waals surface area contributed by atoms with Crippen molar-refractivity contribution >= 4 is 11.0 Å². The fourth-order valence-corrected chi connectivity index (χ4v) is 3.77. The number of aryl methyl sites for hydroxylation is 1. The van der Waals surface area contributed by atoms with E-state index in [2.05, 4.69) is 45.6 Å². The Balaban J connectivity index is 0.000000172. The monoisotopic (exact) mass is 610 g/mol. The van der Waals surface area contributed by atoms with Crippen LogP contribution in [-0.2, 0) is 26.7 Å². The zero-order chi connectivity index (χ0) is 21.8. The minimum absolute atomic E-state index is 0. The number of hydrogen-bond donors (Lipinski definition) is 0. The number of aromatic nitrogens is 3. The Hall–Kier alpha value is -3.27. The van der Waals surface area contributed by atoms with Gasteiger partial charge in [0.05, 0.1) is 17.6 Å². The summed E-state index contributed by atoms with van der Waals surface area (Å²) in [4.78, 5) is 4.22. The molecule has 3 aromatic carbocycles. The number of imidazole rings is 1. The van der Waals surface area contributed by atoms with Gasteiger partial charge in [0, 0.05) is 11.9 Å². The molecule has 0 unspecified atom stereocenters. The van der Waals surface area contributed by atoms with Crippen molar-refractivity contribution < 1.29 is 29.4 Å². The third-order valence-corrected chi connectivity index (χ3v) is 5.34. The van der Waals surface area contributed by atoms with E-state index >= 15 is 0 Å². The second-order valence-corrected chi connectivity index (χ2v) is 7.54. The number of pyridine rings is 1. The smallest absolute Gasteiger partial charge is 0.527 e. The van der Waals surface area contributed by atoms with Gasteiger partial charge < -0.3 is 18.9 Å². The molecule has 6 rings (SSSR count). The Bertz CT molecular complexity index is 1300. The maximum absolute atomic E-state index is 5.98. The van der Waals surface area contributed by atoms with Gasteiger partial charge >= 0.3 is 20.1 Å². The van der Waals surface area contributed by atoms with Gasteiger partial charge in [-0.25, -0.2) is 0 Å². The molecule has 0 bridgehead atoms. The minimum atomic E-state index is 0. The number of rotatable bonds is 4. The molecule has 2 aromatic heterocycles. The fourth-order valence-electron chi connectivity index (χ4n) is 3.77.